The summed E-state index contributed by atoms with van der Waals surface area (Å²) in [4.78, 5) is 18.7. The van der Waals surface area contributed by atoms with Crippen LogP contribution in [-0.2, 0) is 6.54 Å². The molecule has 0 unspecified atom stereocenters. The number of rotatable bonds is 5. The number of carbonyl (C=O) groups excluding carboxylic acids is 1. The number of H-pyrrole nitrogens is 1. The lowest BCUT2D eigenvalue weighted by Crippen LogP contribution is -3.27. The van der Waals surface area contributed by atoms with Gasteiger partial charge in [0.25, 0.3) is 0 Å². The lowest BCUT2D eigenvalue weighted by molar-refractivity contribution is -1.01. The predicted molar refractivity (Wildman–Crippen MR) is 99.0 cm³/mol. The summed E-state index contributed by atoms with van der Waals surface area (Å²) in [6.07, 6.45) is 1.71. The number of quaternary nitrogens is 2. The van der Waals surface area contributed by atoms with Crippen molar-refractivity contribution in [3.05, 3.63) is 71.7 Å². The zero-order valence-corrected chi connectivity index (χ0v) is 14.7. The third-order valence-electron chi connectivity index (χ3n) is 5.32. The second-order valence-corrected chi connectivity index (χ2v) is 7.15. The van der Waals surface area contributed by atoms with Crippen molar-refractivity contribution >= 4 is 16.7 Å². The Morgan fingerprint density at radius 2 is 1.73 bits per heavy atom. The van der Waals surface area contributed by atoms with Gasteiger partial charge in [-0.15, -0.1) is 0 Å². The largest absolute Gasteiger partial charge is 0.360 e. The van der Waals surface area contributed by atoms with E-state index in [2.05, 4.69) is 29.2 Å². The molecule has 1 aliphatic heterocycles. The maximum atomic E-state index is 13.5. The highest BCUT2D eigenvalue weighted by atomic mass is 19.1. The first-order valence-corrected chi connectivity index (χ1v) is 9.20. The van der Waals surface area contributed by atoms with Crippen LogP contribution in [0.3, 0.4) is 0 Å². The third-order valence-corrected chi connectivity index (χ3v) is 5.32. The number of carbonyl (C=O) groups is 1. The first kappa shape index (κ1) is 16.9. The number of aromatic amines is 1. The van der Waals surface area contributed by atoms with Crippen LogP contribution in [0.1, 0.15) is 15.9 Å². The third kappa shape index (κ3) is 3.69. The van der Waals surface area contributed by atoms with Crippen molar-refractivity contribution in [2.24, 2.45) is 0 Å². The van der Waals surface area contributed by atoms with Crippen molar-refractivity contribution in [3.63, 3.8) is 0 Å². The van der Waals surface area contributed by atoms with Gasteiger partial charge in [0, 0.05) is 28.2 Å². The molecule has 0 radical (unpaired) electrons. The molecule has 1 aliphatic rings. The van der Waals surface area contributed by atoms with E-state index in [1.165, 1.54) is 22.6 Å². The fourth-order valence-electron chi connectivity index (χ4n) is 3.84. The Kier molecular flexibility index (Phi) is 4.82. The van der Waals surface area contributed by atoms with Crippen LogP contribution in [0.25, 0.3) is 10.9 Å². The summed E-state index contributed by atoms with van der Waals surface area (Å²) < 4.78 is 13.5. The van der Waals surface area contributed by atoms with E-state index in [0.29, 0.717) is 17.5 Å². The molecular weight excluding hydrogens is 329 g/mol. The summed E-state index contributed by atoms with van der Waals surface area (Å²) in [6, 6.07) is 15.1. The minimum atomic E-state index is -0.309. The number of hydrogen-bond donors (Lipinski definition) is 3. The van der Waals surface area contributed by atoms with Gasteiger partial charge in [0.15, 0.2) is 0 Å². The van der Waals surface area contributed by atoms with Crippen molar-refractivity contribution in [2.45, 2.75) is 6.54 Å². The zero-order chi connectivity index (χ0) is 17.9. The number of nitrogens with one attached hydrogen (secondary N) is 3. The van der Waals surface area contributed by atoms with Gasteiger partial charge in [0.2, 0.25) is 5.78 Å². The number of ketones is 1. The minimum Gasteiger partial charge on any atom is -0.360 e. The van der Waals surface area contributed by atoms with Crippen LogP contribution in [-0.4, -0.2) is 43.5 Å². The number of fused-ring (bicyclic) bond motifs is 1. The average Bonchev–Trinajstić information content (AvgIpc) is 3.07. The van der Waals surface area contributed by atoms with Gasteiger partial charge in [-0.1, -0.05) is 30.3 Å². The van der Waals surface area contributed by atoms with Crippen molar-refractivity contribution in [3.8, 4) is 0 Å². The van der Waals surface area contributed by atoms with Crippen LogP contribution in [0.4, 0.5) is 4.39 Å². The van der Waals surface area contributed by atoms with Crippen LogP contribution >= 0.6 is 0 Å². The number of benzene rings is 2. The van der Waals surface area contributed by atoms with E-state index >= 15 is 0 Å². The number of hydrogen-bond acceptors (Lipinski definition) is 1. The van der Waals surface area contributed by atoms with Gasteiger partial charge in [-0.25, -0.2) is 4.39 Å². The molecule has 0 amide bonds. The quantitative estimate of drug-likeness (QED) is 0.574. The second-order valence-electron chi connectivity index (χ2n) is 7.15. The molecule has 5 heteroatoms. The van der Waals surface area contributed by atoms with Crippen LogP contribution in [0.15, 0.2) is 54.7 Å². The standard InChI is InChI=1S/C21H22FN3O/c22-17-6-7-20-18(12-17)19(13-23-20)21(26)15-25-10-8-24(9-11-25)14-16-4-2-1-3-5-16/h1-7,12-13,23H,8-11,14-15H2/p+2. The van der Waals surface area contributed by atoms with Gasteiger partial charge in [0.05, 0.1) is 0 Å². The molecule has 2 aromatic carbocycles. The molecule has 2 heterocycles. The van der Waals surface area contributed by atoms with Crippen molar-refractivity contribution in [2.75, 3.05) is 32.7 Å². The molecule has 1 fully saturated rings. The lowest BCUT2D eigenvalue weighted by Gasteiger charge is -2.29. The van der Waals surface area contributed by atoms with E-state index in [1.807, 2.05) is 6.07 Å². The molecule has 1 saturated heterocycles. The Bertz CT molecular complexity index is 898. The van der Waals surface area contributed by atoms with Gasteiger partial charge < -0.3 is 14.8 Å². The summed E-state index contributed by atoms with van der Waals surface area (Å²) in [5.41, 5.74) is 2.77. The molecular formula is C21H24FN3O+2. The monoisotopic (exact) mass is 353 g/mol. The van der Waals surface area contributed by atoms with Gasteiger partial charge in [-0.05, 0) is 18.2 Å². The normalized spacial score (nSPS) is 20.3. The van der Waals surface area contributed by atoms with Crippen LogP contribution < -0.4 is 9.80 Å². The van der Waals surface area contributed by atoms with Gasteiger partial charge in [-0.2, -0.15) is 0 Å². The van der Waals surface area contributed by atoms with E-state index in [0.717, 1.165) is 38.2 Å². The zero-order valence-electron chi connectivity index (χ0n) is 14.7. The summed E-state index contributed by atoms with van der Waals surface area (Å²) in [6.45, 7) is 5.64. The molecule has 4 rings (SSSR count). The van der Waals surface area contributed by atoms with Crippen LogP contribution in [0.2, 0.25) is 0 Å². The Morgan fingerprint density at radius 3 is 2.50 bits per heavy atom. The predicted octanol–water partition coefficient (Wildman–Crippen LogP) is 0.473. The van der Waals surface area contributed by atoms with E-state index in [4.69, 9.17) is 0 Å². The number of aromatic nitrogens is 1. The highest BCUT2D eigenvalue weighted by Crippen LogP contribution is 2.19. The Balaban J connectivity index is 1.35. The smallest absolute Gasteiger partial charge is 0.219 e. The maximum Gasteiger partial charge on any atom is 0.219 e. The Labute approximate surface area is 152 Å². The number of Topliss-reactive ketones (excluding diaryl/α,β-unsaturated/α-hetero) is 1. The van der Waals surface area contributed by atoms with Crippen molar-refractivity contribution in [1.29, 1.82) is 0 Å². The van der Waals surface area contributed by atoms with Crippen molar-refractivity contribution in [1.82, 2.24) is 4.98 Å². The summed E-state index contributed by atoms with van der Waals surface area (Å²) >= 11 is 0. The topological polar surface area (TPSA) is 41.7 Å². The molecule has 0 aliphatic carbocycles. The fraction of sp³-hybridized carbons (Fsp3) is 0.286. The maximum absolute atomic E-state index is 13.5. The Hall–Kier alpha value is -2.50. The van der Waals surface area contributed by atoms with Crippen LogP contribution in [0, 0.1) is 5.82 Å². The minimum absolute atomic E-state index is 0.0864. The highest BCUT2D eigenvalue weighted by Gasteiger charge is 2.26. The SMILES string of the molecule is O=C(C[NH+]1CC[NH+](Cc2ccccc2)CC1)c1c[nH]c2ccc(F)cc12. The van der Waals surface area contributed by atoms with Crippen molar-refractivity contribution < 1.29 is 19.0 Å². The van der Waals surface area contributed by atoms with Gasteiger partial charge in [0.1, 0.15) is 45.1 Å². The molecule has 3 N–H and O–H groups in total. The average molecular weight is 353 g/mol. The highest BCUT2D eigenvalue weighted by molar-refractivity contribution is 6.08. The van der Waals surface area contributed by atoms with Gasteiger partial charge in [-0.3, -0.25) is 4.79 Å². The number of halogens is 1. The first-order chi connectivity index (χ1) is 12.7. The molecule has 0 saturated carbocycles. The molecule has 26 heavy (non-hydrogen) atoms. The summed E-state index contributed by atoms with van der Waals surface area (Å²) in [5.74, 6) is -0.222. The van der Waals surface area contributed by atoms with Gasteiger partial charge >= 0.3 is 0 Å². The second kappa shape index (κ2) is 7.40. The molecule has 0 spiro atoms. The molecule has 3 aromatic rings. The molecule has 4 nitrogen and oxygen atoms in total. The first-order valence-electron chi connectivity index (χ1n) is 9.20. The fourth-order valence-corrected chi connectivity index (χ4v) is 3.84. The molecule has 0 bridgehead atoms. The summed E-state index contributed by atoms with van der Waals surface area (Å²) in [5, 5.41) is 0.683. The van der Waals surface area contributed by atoms with Crippen LogP contribution in [0.5, 0.6) is 0 Å². The summed E-state index contributed by atoms with van der Waals surface area (Å²) in [7, 11) is 0. The molecule has 134 valence electrons. The number of piperazine rings is 1. The lowest BCUT2D eigenvalue weighted by atomic mass is 10.1. The Morgan fingerprint density at radius 1 is 1.00 bits per heavy atom. The molecule has 0 atom stereocenters. The molecule has 1 aromatic heterocycles. The van der Waals surface area contributed by atoms with E-state index in [-0.39, 0.29) is 11.6 Å². The van der Waals surface area contributed by atoms with E-state index < -0.39 is 0 Å². The van der Waals surface area contributed by atoms with E-state index in [1.54, 1.807) is 17.2 Å². The van der Waals surface area contributed by atoms with E-state index in [9.17, 15) is 9.18 Å².